The summed E-state index contributed by atoms with van der Waals surface area (Å²) in [5, 5.41) is 2.86. The van der Waals surface area contributed by atoms with Crippen molar-refractivity contribution in [2.75, 3.05) is 31.1 Å². The molecule has 2 aromatic carbocycles. The van der Waals surface area contributed by atoms with E-state index in [9.17, 15) is 18.0 Å². The van der Waals surface area contributed by atoms with Gasteiger partial charge in [-0.3, -0.25) is 9.59 Å². The van der Waals surface area contributed by atoms with Crippen molar-refractivity contribution in [3.63, 3.8) is 0 Å². The average Bonchev–Trinajstić information content (AvgIpc) is 3.14. The van der Waals surface area contributed by atoms with Crippen LogP contribution in [0, 0.1) is 5.92 Å². The second kappa shape index (κ2) is 9.40. The summed E-state index contributed by atoms with van der Waals surface area (Å²) in [6, 6.07) is 15.4. The highest BCUT2D eigenvalue weighted by Crippen LogP contribution is 2.24. The number of carbonyl (C=O) groups is 2. The predicted molar refractivity (Wildman–Crippen MR) is 116 cm³/mol. The molecule has 0 aromatic heterocycles. The molecule has 0 bridgehead atoms. The first-order valence-electron chi connectivity index (χ1n) is 10.1. The summed E-state index contributed by atoms with van der Waals surface area (Å²) in [6.07, 6.45) is 0.385. The Morgan fingerprint density at radius 1 is 1.07 bits per heavy atom. The highest BCUT2D eigenvalue weighted by atomic mass is 32.2. The van der Waals surface area contributed by atoms with Crippen molar-refractivity contribution in [3.05, 3.63) is 60.2 Å². The Bertz CT molecular complexity index is 987. The van der Waals surface area contributed by atoms with Crippen LogP contribution in [0.25, 0.3) is 0 Å². The van der Waals surface area contributed by atoms with E-state index in [1.54, 1.807) is 18.7 Å². The summed E-state index contributed by atoms with van der Waals surface area (Å²) >= 11 is 0. The van der Waals surface area contributed by atoms with Crippen molar-refractivity contribution in [2.45, 2.75) is 25.2 Å². The van der Waals surface area contributed by atoms with Gasteiger partial charge in [-0.1, -0.05) is 32.0 Å². The zero-order valence-electron chi connectivity index (χ0n) is 17.2. The molecule has 2 aromatic rings. The number of carbonyl (C=O) groups excluding carboxylic acids is 2. The molecule has 1 fully saturated rings. The summed E-state index contributed by atoms with van der Waals surface area (Å²) in [5.41, 5.74) is 1.25. The van der Waals surface area contributed by atoms with Crippen LogP contribution in [0.1, 0.15) is 30.6 Å². The third-order valence-corrected chi connectivity index (χ3v) is 7.35. The Balaban J connectivity index is 1.59. The number of sulfonamides is 1. The Morgan fingerprint density at radius 2 is 1.70 bits per heavy atom. The molecule has 1 aliphatic heterocycles. The van der Waals surface area contributed by atoms with E-state index in [4.69, 9.17) is 0 Å². The van der Waals surface area contributed by atoms with E-state index < -0.39 is 10.0 Å². The lowest BCUT2D eigenvalue weighted by atomic mass is 10.1. The summed E-state index contributed by atoms with van der Waals surface area (Å²) in [4.78, 5) is 26.7. The molecule has 1 N–H and O–H groups in total. The minimum atomic E-state index is -3.55. The van der Waals surface area contributed by atoms with Crippen LogP contribution in [0.5, 0.6) is 0 Å². The lowest BCUT2D eigenvalue weighted by molar-refractivity contribution is -0.117. The molecular formula is C22H27N3O4S. The van der Waals surface area contributed by atoms with Crippen LogP contribution in [0.15, 0.2) is 59.5 Å². The highest BCUT2D eigenvalue weighted by Gasteiger charge is 2.30. The van der Waals surface area contributed by atoms with E-state index in [1.165, 1.54) is 28.6 Å². The van der Waals surface area contributed by atoms with Gasteiger partial charge in [0.15, 0.2) is 0 Å². The van der Waals surface area contributed by atoms with E-state index in [0.717, 1.165) is 5.69 Å². The molecule has 1 aliphatic rings. The summed E-state index contributed by atoms with van der Waals surface area (Å²) < 4.78 is 26.5. The van der Waals surface area contributed by atoms with Gasteiger partial charge in [0.25, 0.3) is 5.91 Å². The minimum Gasteiger partial charge on any atom is -0.352 e. The maximum absolute atomic E-state index is 12.5. The standard InChI is InChI=1S/C22H27N3O4S/c1-3-24(4-2)30(28,29)20-12-10-18(11-13-20)22(27)23-15-17-14-21(26)25(16-17)19-8-6-5-7-9-19/h5-13,17H,3-4,14-16H2,1-2H3,(H,23,27). The van der Waals surface area contributed by atoms with E-state index in [-0.39, 0.29) is 22.6 Å². The molecule has 1 unspecified atom stereocenters. The first-order valence-corrected chi connectivity index (χ1v) is 11.5. The Hall–Kier alpha value is -2.71. The van der Waals surface area contributed by atoms with Crippen molar-refractivity contribution < 1.29 is 18.0 Å². The van der Waals surface area contributed by atoms with E-state index in [2.05, 4.69) is 5.32 Å². The van der Waals surface area contributed by atoms with Crippen LogP contribution in [0.2, 0.25) is 0 Å². The average molecular weight is 430 g/mol. The fourth-order valence-electron chi connectivity index (χ4n) is 3.61. The van der Waals surface area contributed by atoms with E-state index >= 15 is 0 Å². The van der Waals surface area contributed by atoms with Crippen molar-refractivity contribution in [3.8, 4) is 0 Å². The number of para-hydroxylation sites is 1. The van der Waals surface area contributed by atoms with Crippen LogP contribution >= 0.6 is 0 Å². The fourth-order valence-corrected chi connectivity index (χ4v) is 5.06. The SMILES string of the molecule is CCN(CC)S(=O)(=O)c1ccc(C(=O)NCC2CC(=O)N(c3ccccc3)C2)cc1. The van der Waals surface area contributed by atoms with Crippen LogP contribution in [0.4, 0.5) is 5.69 Å². The number of hydrogen-bond acceptors (Lipinski definition) is 4. The van der Waals surface area contributed by atoms with E-state index in [0.29, 0.717) is 38.2 Å². The lowest BCUT2D eigenvalue weighted by Gasteiger charge is -2.18. The summed E-state index contributed by atoms with van der Waals surface area (Å²) in [5.74, 6) is -0.206. The predicted octanol–water partition coefficient (Wildman–Crippen LogP) is 2.50. The highest BCUT2D eigenvalue weighted by molar-refractivity contribution is 7.89. The summed E-state index contributed by atoms with van der Waals surface area (Å²) in [6.45, 7) is 5.30. The molecule has 0 radical (unpaired) electrons. The monoisotopic (exact) mass is 429 g/mol. The Morgan fingerprint density at radius 3 is 2.30 bits per heavy atom. The van der Waals surface area contributed by atoms with Gasteiger partial charge in [0.05, 0.1) is 4.90 Å². The molecule has 160 valence electrons. The van der Waals surface area contributed by atoms with Gasteiger partial charge in [-0.2, -0.15) is 4.31 Å². The molecule has 8 heteroatoms. The first-order chi connectivity index (χ1) is 14.4. The number of amides is 2. The maximum atomic E-state index is 12.5. The molecule has 30 heavy (non-hydrogen) atoms. The van der Waals surface area contributed by atoms with Crippen molar-refractivity contribution in [1.29, 1.82) is 0 Å². The van der Waals surface area contributed by atoms with E-state index in [1.807, 2.05) is 30.3 Å². The van der Waals surface area contributed by atoms with Crippen LogP contribution in [-0.4, -0.2) is 50.7 Å². The molecule has 0 aliphatic carbocycles. The molecule has 1 saturated heterocycles. The quantitative estimate of drug-likeness (QED) is 0.699. The van der Waals surface area contributed by atoms with Crippen molar-refractivity contribution in [2.24, 2.45) is 5.92 Å². The molecule has 0 saturated carbocycles. The van der Waals surface area contributed by atoms with Crippen molar-refractivity contribution in [1.82, 2.24) is 9.62 Å². The van der Waals surface area contributed by atoms with Gasteiger partial charge in [-0.15, -0.1) is 0 Å². The normalized spacial score (nSPS) is 16.8. The van der Waals surface area contributed by atoms with Gasteiger partial charge < -0.3 is 10.2 Å². The maximum Gasteiger partial charge on any atom is 0.251 e. The van der Waals surface area contributed by atoms with Gasteiger partial charge in [-0.05, 0) is 36.4 Å². The third kappa shape index (κ3) is 4.71. The Labute approximate surface area is 177 Å². The van der Waals surface area contributed by atoms with Gasteiger partial charge in [0.2, 0.25) is 15.9 Å². The third-order valence-electron chi connectivity index (χ3n) is 5.28. The number of nitrogens with one attached hydrogen (secondary N) is 1. The van der Waals surface area contributed by atoms with Gasteiger partial charge in [0.1, 0.15) is 0 Å². The number of nitrogens with zero attached hydrogens (tertiary/aromatic N) is 2. The second-order valence-electron chi connectivity index (χ2n) is 7.23. The number of hydrogen-bond donors (Lipinski definition) is 1. The molecule has 1 atom stereocenters. The molecule has 3 rings (SSSR count). The number of benzene rings is 2. The Kier molecular flexibility index (Phi) is 6.89. The van der Waals surface area contributed by atoms with Gasteiger partial charge in [-0.25, -0.2) is 8.42 Å². The molecule has 7 nitrogen and oxygen atoms in total. The summed E-state index contributed by atoms with van der Waals surface area (Å²) in [7, 11) is -3.55. The molecular weight excluding hydrogens is 402 g/mol. The fraction of sp³-hybridized carbons (Fsp3) is 0.364. The number of anilines is 1. The zero-order chi connectivity index (χ0) is 21.7. The smallest absolute Gasteiger partial charge is 0.251 e. The van der Waals surface area contributed by atoms with Gasteiger partial charge >= 0.3 is 0 Å². The molecule has 0 spiro atoms. The largest absolute Gasteiger partial charge is 0.352 e. The zero-order valence-corrected chi connectivity index (χ0v) is 18.1. The molecule has 1 heterocycles. The van der Waals surface area contributed by atoms with Crippen LogP contribution in [0.3, 0.4) is 0 Å². The lowest BCUT2D eigenvalue weighted by Crippen LogP contribution is -2.32. The minimum absolute atomic E-state index is 0.0315. The number of rotatable bonds is 8. The second-order valence-corrected chi connectivity index (χ2v) is 9.17. The van der Waals surface area contributed by atoms with Crippen molar-refractivity contribution >= 4 is 27.5 Å². The molecule has 2 amide bonds. The van der Waals surface area contributed by atoms with Crippen LogP contribution < -0.4 is 10.2 Å². The van der Waals surface area contributed by atoms with Crippen LogP contribution in [-0.2, 0) is 14.8 Å². The van der Waals surface area contributed by atoms with Gasteiger partial charge in [0, 0.05) is 49.8 Å². The topological polar surface area (TPSA) is 86.8 Å². The first kappa shape index (κ1) is 22.0.